The number of nitrogens with zero attached hydrogens (tertiary/aromatic N) is 1. The van der Waals surface area contributed by atoms with Gasteiger partial charge in [0.1, 0.15) is 0 Å². The summed E-state index contributed by atoms with van der Waals surface area (Å²) in [6, 6.07) is 3.90. The van der Waals surface area contributed by atoms with Crippen LogP contribution in [0.3, 0.4) is 0 Å². The molecule has 0 spiro atoms. The summed E-state index contributed by atoms with van der Waals surface area (Å²) in [6.45, 7) is 3.67. The summed E-state index contributed by atoms with van der Waals surface area (Å²) < 4.78 is 5.53. The molecule has 2 heterocycles. The molecule has 0 aliphatic carbocycles. The Morgan fingerprint density at radius 2 is 2.56 bits per heavy atom. The lowest BCUT2D eigenvalue weighted by atomic mass is 10.1. The molecule has 5 heteroatoms. The number of ether oxygens (including phenoxy) is 1. The summed E-state index contributed by atoms with van der Waals surface area (Å²) in [4.78, 5) is 14.9. The van der Waals surface area contributed by atoms with Crippen molar-refractivity contribution in [3.63, 3.8) is 0 Å². The molecule has 1 aliphatic rings. The zero-order chi connectivity index (χ0) is 13.0. The summed E-state index contributed by atoms with van der Waals surface area (Å²) in [5, 5.41) is 1.99. The number of nitrogens with two attached hydrogens (primary N) is 1. The highest BCUT2D eigenvalue weighted by molar-refractivity contribution is 7.10. The summed E-state index contributed by atoms with van der Waals surface area (Å²) >= 11 is 1.61. The fraction of sp³-hybridized carbons (Fsp3) is 0.462. The van der Waals surface area contributed by atoms with Crippen LogP contribution in [0.1, 0.15) is 11.8 Å². The minimum atomic E-state index is -0.0576. The molecule has 2 unspecified atom stereocenters. The van der Waals surface area contributed by atoms with Crippen LogP contribution >= 0.6 is 11.3 Å². The van der Waals surface area contributed by atoms with Gasteiger partial charge in [-0.3, -0.25) is 4.79 Å². The number of thiophene rings is 1. The van der Waals surface area contributed by atoms with E-state index in [9.17, 15) is 4.79 Å². The van der Waals surface area contributed by atoms with Crippen molar-refractivity contribution in [2.45, 2.75) is 19.1 Å². The van der Waals surface area contributed by atoms with E-state index in [1.807, 2.05) is 30.5 Å². The molecule has 1 aliphatic heterocycles. The monoisotopic (exact) mass is 266 g/mol. The molecule has 1 fully saturated rings. The van der Waals surface area contributed by atoms with Crippen molar-refractivity contribution < 1.29 is 9.53 Å². The Bertz CT molecular complexity index is 415. The van der Waals surface area contributed by atoms with Gasteiger partial charge >= 0.3 is 0 Å². The molecular formula is C13H18N2O2S. The molecule has 0 bridgehead atoms. The van der Waals surface area contributed by atoms with E-state index < -0.39 is 0 Å². The second-order valence-corrected chi connectivity index (χ2v) is 5.38. The largest absolute Gasteiger partial charge is 0.373 e. The molecule has 1 aromatic heterocycles. The normalized spacial score (nSPS) is 22.3. The van der Waals surface area contributed by atoms with Crippen molar-refractivity contribution in [1.29, 1.82) is 0 Å². The van der Waals surface area contributed by atoms with Gasteiger partial charge in [-0.15, -0.1) is 11.3 Å². The summed E-state index contributed by atoms with van der Waals surface area (Å²) in [7, 11) is 0. The summed E-state index contributed by atoms with van der Waals surface area (Å²) in [6.07, 6.45) is 3.41. The van der Waals surface area contributed by atoms with Crippen LogP contribution in [0.2, 0.25) is 0 Å². The summed E-state index contributed by atoms with van der Waals surface area (Å²) in [5.74, 6) is 0.0253. The van der Waals surface area contributed by atoms with Crippen LogP contribution in [0.5, 0.6) is 0 Å². The standard InChI is InChI=1S/C13H18N2O2S/c1-10(14)12-9-15(6-7-17-12)13(16)5-4-11-3-2-8-18-11/h2-5,8,10,12H,6-7,9,14H2,1H3/b5-4+. The predicted octanol–water partition coefficient (Wildman–Crippen LogP) is 1.34. The maximum Gasteiger partial charge on any atom is 0.246 e. The average molecular weight is 266 g/mol. The Hall–Kier alpha value is -1.17. The van der Waals surface area contributed by atoms with Crippen molar-refractivity contribution in [1.82, 2.24) is 4.90 Å². The first-order chi connectivity index (χ1) is 8.66. The zero-order valence-corrected chi connectivity index (χ0v) is 11.2. The quantitative estimate of drug-likeness (QED) is 0.840. The van der Waals surface area contributed by atoms with Gasteiger partial charge in [0.25, 0.3) is 0 Å². The molecule has 2 N–H and O–H groups in total. The molecule has 1 saturated heterocycles. The number of carbonyl (C=O) groups is 1. The van der Waals surface area contributed by atoms with E-state index >= 15 is 0 Å². The molecule has 1 aromatic rings. The maximum atomic E-state index is 12.0. The minimum Gasteiger partial charge on any atom is -0.373 e. The van der Waals surface area contributed by atoms with Gasteiger partial charge in [-0.25, -0.2) is 0 Å². The van der Waals surface area contributed by atoms with Crippen LogP contribution in [-0.2, 0) is 9.53 Å². The third-order valence-electron chi connectivity index (χ3n) is 2.92. The van der Waals surface area contributed by atoms with Gasteiger partial charge in [0.2, 0.25) is 5.91 Å². The van der Waals surface area contributed by atoms with E-state index in [1.54, 1.807) is 22.3 Å². The number of morpholine rings is 1. The maximum absolute atomic E-state index is 12.0. The van der Waals surface area contributed by atoms with Crippen molar-refractivity contribution in [3.8, 4) is 0 Å². The third kappa shape index (κ3) is 3.41. The van der Waals surface area contributed by atoms with Gasteiger partial charge in [-0.2, -0.15) is 0 Å². The molecular weight excluding hydrogens is 248 g/mol. The molecule has 2 atom stereocenters. The Kier molecular flexibility index (Phi) is 4.52. The second kappa shape index (κ2) is 6.13. The van der Waals surface area contributed by atoms with E-state index in [0.29, 0.717) is 19.7 Å². The number of rotatable bonds is 3. The fourth-order valence-corrected chi connectivity index (χ4v) is 2.46. The van der Waals surface area contributed by atoms with Crippen molar-refractivity contribution in [2.24, 2.45) is 5.73 Å². The Balaban J connectivity index is 1.92. The van der Waals surface area contributed by atoms with Crippen LogP contribution in [0.25, 0.3) is 6.08 Å². The van der Waals surface area contributed by atoms with Gasteiger partial charge < -0.3 is 15.4 Å². The van der Waals surface area contributed by atoms with Crippen LogP contribution < -0.4 is 5.73 Å². The highest BCUT2D eigenvalue weighted by Gasteiger charge is 2.25. The van der Waals surface area contributed by atoms with Crippen LogP contribution in [0.4, 0.5) is 0 Å². The smallest absolute Gasteiger partial charge is 0.246 e. The molecule has 4 nitrogen and oxygen atoms in total. The second-order valence-electron chi connectivity index (χ2n) is 4.40. The Morgan fingerprint density at radius 3 is 3.22 bits per heavy atom. The molecule has 2 rings (SSSR count). The van der Waals surface area contributed by atoms with Gasteiger partial charge in [-0.05, 0) is 24.4 Å². The van der Waals surface area contributed by atoms with E-state index in [0.717, 1.165) is 4.88 Å². The van der Waals surface area contributed by atoms with Crippen molar-refractivity contribution in [2.75, 3.05) is 19.7 Å². The number of carbonyl (C=O) groups excluding carboxylic acids is 1. The highest BCUT2D eigenvalue weighted by Crippen LogP contribution is 2.12. The van der Waals surface area contributed by atoms with E-state index in [2.05, 4.69) is 0 Å². The first kappa shape index (κ1) is 13.3. The SMILES string of the molecule is CC(N)C1CN(C(=O)/C=C/c2cccs2)CCO1. The molecule has 0 radical (unpaired) electrons. The topological polar surface area (TPSA) is 55.6 Å². The third-order valence-corrected chi connectivity index (χ3v) is 3.76. The molecule has 98 valence electrons. The van der Waals surface area contributed by atoms with E-state index in [1.165, 1.54) is 0 Å². The van der Waals surface area contributed by atoms with Gasteiger partial charge in [0.05, 0.1) is 12.7 Å². The van der Waals surface area contributed by atoms with Crippen molar-refractivity contribution in [3.05, 3.63) is 28.5 Å². The Labute approximate surface area is 111 Å². The van der Waals surface area contributed by atoms with Crippen LogP contribution in [0, 0.1) is 0 Å². The zero-order valence-electron chi connectivity index (χ0n) is 10.4. The lowest BCUT2D eigenvalue weighted by Gasteiger charge is -2.34. The number of amides is 1. The van der Waals surface area contributed by atoms with E-state index in [-0.39, 0.29) is 18.1 Å². The minimum absolute atomic E-state index is 0.0253. The Morgan fingerprint density at radius 1 is 1.72 bits per heavy atom. The fourth-order valence-electron chi connectivity index (χ4n) is 1.84. The van der Waals surface area contributed by atoms with E-state index in [4.69, 9.17) is 10.5 Å². The predicted molar refractivity (Wildman–Crippen MR) is 73.3 cm³/mol. The molecule has 0 saturated carbocycles. The van der Waals surface area contributed by atoms with Gasteiger partial charge in [0.15, 0.2) is 0 Å². The molecule has 0 aromatic carbocycles. The first-order valence-corrected chi connectivity index (χ1v) is 6.92. The number of hydrogen-bond donors (Lipinski definition) is 1. The highest BCUT2D eigenvalue weighted by atomic mass is 32.1. The van der Waals surface area contributed by atoms with Gasteiger partial charge in [0, 0.05) is 30.1 Å². The van der Waals surface area contributed by atoms with Crippen molar-refractivity contribution >= 4 is 23.3 Å². The summed E-state index contributed by atoms with van der Waals surface area (Å²) in [5.41, 5.74) is 5.80. The lowest BCUT2D eigenvalue weighted by Crippen LogP contribution is -2.51. The lowest BCUT2D eigenvalue weighted by molar-refractivity contribution is -0.134. The number of hydrogen-bond acceptors (Lipinski definition) is 4. The van der Waals surface area contributed by atoms with Crippen LogP contribution in [-0.4, -0.2) is 42.6 Å². The molecule has 1 amide bonds. The average Bonchev–Trinajstić information content (AvgIpc) is 2.89. The van der Waals surface area contributed by atoms with Crippen LogP contribution in [0.15, 0.2) is 23.6 Å². The van der Waals surface area contributed by atoms with Gasteiger partial charge in [-0.1, -0.05) is 6.07 Å². The first-order valence-electron chi connectivity index (χ1n) is 6.04. The molecule has 18 heavy (non-hydrogen) atoms.